The molecule has 1 aromatic carbocycles. The van der Waals surface area contributed by atoms with Crippen LogP contribution < -0.4 is 0 Å². The van der Waals surface area contributed by atoms with Gasteiger partial charge in [0, 0.05) is 22.0 Å². The lowest BCUT2D eigenvalue weighted by Crippen LogP contribution is -1.99. The van der Waals surface area contributed by atoms with Gasteiger partial charge in [-0.05, 0) is 29.7 Å². The standard InChI is InChI=1S/C14H12N2O2S/c1-18-14(17)10-2-3-13-11(6-10)7-12(19-13)8-16-5-4-15-9-16/h2-7,9H,8H2,1H3. The van der Waals surface area contributed by atoms with Gasteiger partial charge in [-0.2, -0.15) is 0 Å². The number of ether oxygens (including phenoxy) is 1. The molecule has 0 saturated carbocycles. The van der Waals surface area contributed by atoms with Crippen LogP contribution in [0.2, 0.25) is 0 Å². The van der Waals surface area contributed by atoms with Crippen LogP contribution in [-0.4, -0.2) is 22.6 Å². The first-order chi connectivity index (χ1) is 9.26. The van der Waals surface area contributed by atoms with Crippen LogP contribution in [0.3, 0.4) is 0 Å². The van der Waals surface area contributed by atoms with Gasteiger partial charge in [0.2, 0.25) is 0 Å². The number of benzene rings is 1. The van der Waals surface area contributed by atoms with Gasteiger partial charge >= 0.3 is 5.97 Å². The second-order valence-electron chi connectivity index (χ2n) is 4.19. The van der Waals surface area contributed by atoms with Gasteiger partial charge in [-0.3, -0.25) is 0 Å². The van der Waals surface area contributed by atoms with Gasteiger partial charge < -0.3 is 9.30 Å². The smallest absolute Gasteiger partial charge is 0.337 e. The SMILES string of the molecule is COC(=O)c1ccc2sc(Cn3ccnc3)cc2c1. The van der Waals surface area contributed by atoms with Gasteiger partial charge in [-0.15, -0.1) is 11.3 Å². The largest absolute Gasteiger partial charge is 0.465 e. The van der Waals surface area contributed by atoms with Crippen LogP contribution in [0.25, 0.3) is 10.1 Å². The molecule has 19 heavy (non-hydrogen) atoms. The first-order valence-electron chi connectivity index (χ1n) is 5.83. The highest BCUT2D eigenvalue weighted by molar-refractivity contribution is 7.19. The summed E-state index contributed by atoms with van der Waals surface area (Å²) in [6, 6.07) is 7.73. The number of aromatic nitrogens is 2. The predicted molar refractivity (Wildman–Crippen MR) is 74.5 cm³/mol. The molecule has 0 aliphatic carbocycles. The van der Waals surface area contributed by atoms with Crippen LogP contribution in [0.15, 0.2) is 43.0 Å². The summed E-state index contributed by atoms with van der Waals surface area (Å²) in [6.45, 7) is 0.799. The topological polar surface area (TPSA) is 44.1 Å². The Morgan fingerprint density at radius 1 is 1.42 bits per heavy atom. The number of hydrogen-bond donors (Lipinski definition) is 0. The summed E-state index contributed by atoms with van der Waals surface area (Å²) in [6.07, 6.45) is 5.50. The van der Waals surface area contributed by atoms with E-state index in [4.69, 9.17) is 4.74 Å². The van der Waals surface area contributed by atoms with Gasteiger partial charge in [0.25, 0.3) is 0 Å². The number of carbonyl (C=O) groups is 1. The Kier molecular flexibility index (Phi) is 3.05. The Bertz CT molecular complexity index is 716. The monoisotopic (exact) mass is 272 g/mol. The zero-order valence-electron chi connectivity index (χ0n) is 10.4. The Morgan fingerprint density at radius 2 is 2.32 bits per heavy atom. The van der Waals surface area contributed by atoms with E-state index in [-0.39, 0.29) is 5.97 Å². The minimum absolute atomic E-state index is 0.302. The van der Waals surface area contributed by atoms with E-state index in [1.165, 1.54) is 16.7 Å². The third-order valence-electron chi connectivity index (χ3n) is 2.89. The van der Waals surface area contributed by atoms with E-state index in [1.807, 2.05) is 22.9 Å². The molecule has 0 aliphatic heterocycles. The molecule has 96 valence electrons. The van der Waals surface area contributed by atoms with Crippen molar-refractivity contribution in [2.45, 2.75) is 6.54 Å². The van der Waals surface area contributed by atoms with Crippen molar-refractivity contribution < 1.29 is 9.53 Å². The minimum atomic E-state index is -0.302. The van der Waals surface area contributed by atoms with Crippen molar-refractivity contribution in [3.05, 3.63) is 53.4 Å². The molecular formula is C14H12N2O2S. The molecule has 0 bridgehead atoms. The average Bonchev–Trinajstić information content (AvgIpc) is 3.05. The molecule has 0 fully saturated rings. The molecule has 2 aromatic heterocycles. The van der Waals surface area contributed by atoms with E-state index in [0.29, 0.717) is 5.56 Å². The number of imidazole rings is 1. The summed E-state index contributed by atoms with van der Waals surface area (Å²) in [5, 5.41) is 1.07. The first kappa shape index (κ1) is 11.9. The summed E-state index contributed by atoms with van der Waals surface area (Å²) in [5.74, 6) is -0.302. The summed E-state index contributed by atoms with van der Waals surface area (Å²) < 4.78 is 7.92. The van der Waals surface area contributed by atoms with Crippen molar-refractivity contribution in [2.24, 2.45) is 0 Å². The highest BCUT2D eigenvalue weighted by atomic mass is 32.1. The zero-order valence-corrected chi connectivity index (χ0v) is 11.2. The van der Waals surface area contributed by atoms with Gasteiger partial charge in [-0.25, -0.2) is 9.78 Å². The second kappa shape index (κ2) is 4.85. The molecule has 0 spiro atoms. The van der Waals surface area contributed by atoms with Gasteiger partial charge in [0.15, 0.2) is 0 Å². The maximum atomic E-state index is 11.5. The molecule has 2 heterocycles. The molecule has 0 saturated heterocycles. The maximum Gasteiger partial charge on any atom is 0.337 e. The van der Waals surface area contributed by atoms with E-state index in [9.17, 15) is 4.79 Å². The Hall–Kier alpha value is -2.14. The van der Waals surface area contributed by atoms with Crippen molar-refractivity contribution in [1.82, 2.24) is 9.55 Å². The van der Waals surface area contributed by atoms with Crippen molar-refractivity contribution in [3.8, 4) is 0 Å². The molecule has 3 aromatic rings. The lowest BCUT2D eigenvalue weighted by atomic mass is 10.1. The number of carbonyl (C=O) groups excluding carboxylic acids is 1. The van der Waals surface area contributed by atoms with Gasteiger partial charge in [0.1, 0.15) is 0 Å². The fraction of sp³-hybridized carbons (Fsp3) is 0.143. The number of thiophene rings is 1. The van der Waals surface area contributed by atoms with Crippen LogP contribution in [0.4, 0.5) is 0 Å². The molecule has 0 aliphatic rings. The highest BCUT2D eigenvalue weighted by Gasteiger charge is 2.08. The number of nitrogens with zero attached hydrogens (tertiary/aromatic N) is 2. The third kappa shape index (κ3) is 2.37. The molecule has 0 radical (unpaired) electrons. The lowest BCUT2D eigenvalue weighted by molar-refractivity contribution is 0.0601. The summed E-state index contributed by atoms with van der Waals surface area (Å²) >= 11 is 1.72. The number of fused-ring (bicyclic) bond motifs is 1. The maximum absolute atomic E-state index is 11.5. The average molecular weight is 272 g/mol. The van der Waals surface area contributed by atoms with Crippen molar-refractivity contribution in [1.29, 1.82) is 0 Å². The van der Waals surface area contributed by atoms with E-state index < -0.39 is 0 Å². The van der Waals surface area contributed by atoms with Crippen LogP contribution in [0.5, 0.6) is 0 Å². The van der Waals surface area contributed by atoms with Crippen LogP contribution in [0, 0.1) is 0 Å². The Labute approximate surface area is 114 Å². The molecule has 0 atom stereocenters. The van der Waals surface area contributed by atoms with E-state index >= 15 is 0 Å². The zero-order chi connectivity index (χ0) is 13.2. The normalized spacial score (nSPS) is 10.8. The molecule has 0 N–H and O–H groups in total. The van der Waals surface area contributed by atoms with Gasteiger partial charge in [-0.1, -0.05) is 0 Å². The number of methoxy groups -OCH3 is 1. The summed E-state index contributed by atoms with van der Waals surface area (Å²) in [7, 11) is 1.39. The number of rotatable bonds is 3. The molecular weight excluding hydrogens is 260 g/mol. The van der Waals surface area contributed by atoms with Crippen molar-refractivity contribution in [2.75, 3.05) is 7.11 Å². The predicted octanol–water partition coefficient (Wildman–Crippen LogP) is 2.93. The number of esters is 1. The second-order valence-corrected chi connectivity index (χ2v) is 5.36. The van der Waals surface area contributed by atoms with E-state index in [1.54, 1.807) is 29.9 Å². The van der Waals surface area contributed by atoms with Gasteiger partial charge in [0.05, 0.1) is 25.5 Å². The van der Waals surface area contributed by atoms with Crippen LogP contribution >= 0.6 is 11.3 Å². The van der Waals surface area contributed by atoms with Crippen LogP contribution in [-0.2, 0) is 11.3 Å². The first-order valence-corrected chi connectivity index (χ1v) is 6.64. The summed E-state index contributed by atoms with van der Waals surface area (Å²) in [4.78, 5) is 16.7. The molecule has 4 nitrogen and oxygen atoms in total. The van der Waals surface area contributed by atoms with Crippen molar-refractivity contribution in [3.63, 3.8) is 0 Å². The Morgan fingerprint density at radius 3 is 3.05 bits per heavy atom. The van der Waals surface area contributed by atoms with E-state index in [2.05, 4.69) is 11.1 Å². The fourth-order valence-corrected chi connectivity index (χ4v) is 3.04. The van der Waals surface area contributed by atoms with Crippen LogP contribution in [0.1, 0.15) is 15.2 Å². The number of hydrogen-bond acceptors (Lipinski definition) is 4. The summed E-state index contributed by atoms with van der Waals surface area (Å²) in [5.41, 5.74) is 0.585. The fourth-order valence-electron chi connectivity index (χ4n) is 1.98. The molecule has 0 unspecified atom stereocenters. The Balaban J connectivity index is 1.94. The van der Waals surface area contributed by atoms with Crippen molar-refractivity contribution >= 4 is 27.4 Å². The molecule has 0 amide bonds. The van der Waals surface area contributed by atoms with E-state index in [0.717, 1.165) is 11.9 Å². The molecule has 5 heteroatoms. The lowest BCUT2D eigenvalue weighted by Gasteiger charge is -1.97. The molecule has 3 rings (SSSR count). The third-order valence-corrected chi connectivity index (χ3v) is 3.99. The highest BCUT2D eigenvalue weighted by Crippen LogP contribution is 2.27. The quantitative estimate of drug-likeness (QED) is 0.689. The minimum Gasteiger partial charge on any atom is -0.465 e.